The summed E-state index contributed by atoms with van der Waals surface area (Å²) in [6.07, 6.45) is 1.65. The van der Waals surface area contributed by atoms with Crippen LogP contribution in [0.3, 0.4) is 0 Å². The van der Waals surface area contributed by atoms with E-state index in [0.29, 0.717) is 43.4 Å². The van der Waals surface area contributed by atoms with Crippen molar-refractivity contribution in [2.24, 2.45) is 5.16 Å². The van der Waals surface area contributed by atoms with Gasteiger partial charge in [-0.1, -0.05) is 42.4 Å². The molecule has 0 aliphatic heterocycles. The van der Waals surface area contributed by atoms with Crippen molar-refractivity contribution in [3.8, 4) is 17.2 Å². The first-order valence-corrected chi connectivity index (χ1v) is 10.7. The average Bonchev–Trinajstić information content (AvgIpc) is 3.15. The molecule has 0 unspecified atom stereocenters. The van der Waals surface area contributed by atoms with Crippen LogP contribution in [0.25, 0.3) is 11.5 Å². The number of benzene rings is 2. The molecule has 0 bridgehead atoms. The molecule has 2 aromatic carbocycles. The fourth-order valence-corrected chi connectivity index (χ4v) is 3.14. The minimum atomic E-state index is -0.936. The zero-order valence-corrected chi connectivity index (χ0v) is 18.4. The third kappa shape index (κ3) is 6.97. The number of oxazole rings is 1. The fraction of sp³-hybridized carbons (Fsp3) is 0.320. The number of carboxylic acids is 1. The lowest BCUT2D eigenvalue weighted by atomic mass is 10.1. The molecule has 7 nitrogen and oxygen atoms in total. The summed E-state index contributed by atoms with van der Waals surface area (Å²) in [5.74, 6) is 1.16. The lowest BCUT2D eigenvalue weighted by Gasteiger charge is -2.09. The molecule has 1 aromatic heterocycles. The number of oxime groups is 1. The zero-order chi connectivity index (χ0) is 22.8. The third-order valence-electron chi connectivity index (χ3n) is 4.67. The quantitative estimate of drug-likeness (QED) is 0.242. The Morgan fingerprint density at radius 3 is 2.69 bits per heavy atom. The molecule has 0 aliphatic carbocycles. The van der Waals surface area contributed by atoms with E-state index in [1.807, 2.05) is 68.4 Å². The average molecular weight is 437 g/mol. The van der Waals surface area contributed by atoms with Crippen molar-refractivity contribution in [2.45, 2.75) is 39.5 Å². The number of hydrogen-bond donors (Lipinski definition) is 1. The van der Waals surface area contributed by atoms with Gasteiger partial charge in [-0.15, -0.1) is 0 Å². The highest BCUT2D eigenvalue weighted by molar-refractivity contribution is 5.99. The van der Waals surface area contributed by atoms with Crippen molar-refractivity contribution in [3.05, 3.63) is 71.6 Å². The van der Waals surface area contributed by atoms with E-state index in [2.05, 4.69) is 10.1 Å². The van der Waals surface area contributed by atoms with E-state index in [4.69, 9.17) is 19.1 Å². The predicted molar refractivity (Wildman–Crippen MR) is 122 cm³/mol. The molecule has 3 rings (SSSR count). The van der Waals surface area contributed by atoms with Gasteiger partial charge in [-0.2, -0.15) is 0 Å². The second-order valence-electron chi connectivity index (χ2n) is 7.37. The van der Waals surface area contributed by atoms with Gasteiger partial charge >= 0.3 is 5.97 Å². The van der Waals surface area contributed by atoms with Crippen molar-refractivity contribution >= 4 is 11.7 Å². The van der Waals surface area contributed by atoms with Crippen molar-refractivity contribution in [1.29, 1.82) is 0 Å². The molecule has 3 aromatic rings. The summed E-state index contributed by atoms with van der Waals surface area (Å²) in [4.78, 5) is 20.9. The van der Waals surface area contributed by atoms with E-state index in [1.54, 1.807) is 0 Å². The summed E-state index contributed by atoms with van der Waals surface area (Å²) < 4.78 is 11.7. The Labute approximate surface area is 187 Å². The highest BCUT2D eigenvalue weighted by Crippen LogP contribution is 2.22. The number of ether oxygens (including phenoxy) is 1. The fourth-order valence-electron chi connectivity index (χ4n) is 3.14. The van der Waals surface area contributed by atoms with Gasteiger partial charge in [-0.05, 0) is 43.2 Å². The first-order valence-electron chi connectivity index (χ1n) is 10.7. The van der Waals surface area contributed by atoms with Gasteiger partial charge in [0.2, 0.25) is 5.89 Å². The standard InChI is InChI=1S/C25H28N2O5/c1-3-13-31-27-21(17-24(28)29)15-19-8-7-11-22(16-19)30-14-12-23-18(2)32-25(26-23)20-9-5-4-6-10-20/h4-11,16H,3,12-15,17H2,1-2H3,(H,28,29)/b27-21+. The van der Waals surface area contributed by atoms with Crippen LogP contribution in [0, 0.1) is 6.92 Å². The Hall–Kier alpha value is -3.61. The van der Waals surface area contributed by atoms with Crippen LogP contribution in [-0.4, -0.2) is 35.0 Å². The van der Waals surface area contributed by atoms with E-state index in [9.17, 15) is 4.79 Å². The van der Waals surface area contributed by atoms with Gasteiger partial charge in [-0.3, -0.25) is 4.79 Å². The Morgan fingerprint density at radius 1 is 1.12 bits per heavy atom. The minimum absolute atomic E-state index is 0.163. The van der Waals surface area contributed by atoms with Gasteiger partial charge in [0.1, 0.15) is 18.1 Å². The van der Waals surface area contributed by atoms with E-state index < -0.39 is 5.97 Å². The first-order chi connectivity index (χ1) is 15.5. The number of carboxylic acid groups (broad SMARTS) is 1. The number of aliphatic carboxylic acids is 1. The SMILES string of the molecule is CCCO/N=C(/CC(=O)O)Cc1cccc(OCCc2nc(-c3ccccc3)oc2C)c1. The number of nitrogens with zero attached hydrogens (tertiary/aromatic N) is 2. The summed E-state index contributed by atoms with van der Waals surface area (Å²) in [7, 11) is 0. The maximum absolute atomic E-state index is 11.1. The molecular formula is C25H28N2O5. The van der Waals surface area contributed by atoms with Crippen molar-refractivity contribution in [1.82, 2.24) is 4.98 Å². The normalized spacial score (nSPS) is 11.4. The Balaban J connectivity index is 1.58. The van der Waals surface area contributed by atoms with Crippen LogP contribution in [0.1, 0.15) is 36.8 Å². The predicted octanol–water partition coefficient (Wildman–Crippen LogP) is 5.07. The first kappa shape index (κ1) is 23.1. The molecule has 0 radical (unpaired) electrons. The van der Waals surface area contributed by atoms with Crippen LogP contribution in [0.2, 0.25) is 0 Å². The smallest absolute Gasteiger partial charge is 0.309 e. The maximum Gasteiger partial charge on any atom is 0.309 e. The summed E-state index contributed by atoms with van der Waals surface area (Å²) in [6.45, 7) is 4.77. The Morgan fingerprint density at radius 2 is 1.94 bits per heavy atom. The molecule has 168 valence electrons. The van der Waals surface area contributed by atoms with E-state index >= 15 is 0 Å². The van der Waals surface area contributed by atoms with Crippen LogP contribution in [0.5, 0.6) is 5.75 Å². The molecule has 0 aliphatic rings. The van der Waals surface area contributed by atoms with Gasteiger partial charge in [0.05, 0.1) is 24.4 Å². The van der Waals surface area contributed by atoms with Gasteiger partial charge in [0, 0.05) is 18.4 Å². The van der Waals surface area contributed by atoms with Crippen LogP contribution in [0.4, 0.5) is 0 Å². The zero-order valence-electron chi connectivity index (χ0n) is 18.4. The van der Waals surface area contributed by atoms with Crippen LogP contribution >= 0.6 is 0 Å². The van der Waals surface area contributed by atoms with E-state index in [0.717, 1.165) is 29.0 Å². The molecule has 0 amide bonds. The van der Waals surface area contributed by atoms with Gasteiger partial charge < -0.3 is 19.1 Å². The number of carbonyl (C=O) groups is 1. The topological polar surface area (TPSA) is 94.2 Å². The van der Waals surface area contributed by atoms with Crippen LogP contribution < -0.4 is 4.74 Å². The van der Waals surface area contributed by atoms with Crippen molar-refractivity contribution in [2.75, 3.05) is 13.2 Å². The summed E-state index contributed by atoms with van der Waals surface area (Å²) in [6, 6.07) is 17.3. The molecular weight excluding hydrogens is 408 g/mol. The molecule has 0 saturated carbocycles. The lowest BCUT2D eigenvalue weighted by molar-refractivity contribution is -0.135. The molecule has 0 saturated heterocycles. The minimum Gasteiger partial charge on any atom is -0.493 e. The summed E-state index contributed by atoms with van der Waals surface area (Å²) in [5.41, 5.74) is 3.18. The van der Waals surface area contributed by atoms with E-state index in [-0.39, 0.29) is 6.42 Å². The highest BCUT2D eigenvalue weighted by atomic mass is 16.6. The molecule has 7 heteroatoms. The Kier molecular flexibility index (Phi) is 8.43. The molecule has 0 atom stereocenters. The van der Waals surface area contributed by atoms with Crippen LogP contribution in [-0.2, 0) is 22.5 Å². The van der Waals surface area contributed by atoms with Crippen LogP contribution in [0.15, 0.2) is 64.2 Å². The number of rotatable bonds is 12. The molecule has 0 spiro atoms. The van der Waals surface area contributed by atoms with Gasteiger partial charge in [0.25, 0.3) is 0 Å². The number of aryl methyl sites for hydroxylation is 1. The number of hydrogen-bond acceptors (Lipinski definition) is 6. The van der Waals surface area contributed by atoms with Gasteiger partial charge in [0.15, 0.2) is 0 Å². The third-order valence-corrected chi connectivity index (χ3v) is 4.67. The Bertz CT molecular complexity index is 1040. The number of aromatic nitrogens is 1. The largest absolute Gasteiger partial charge is 0.493 e. The van der Waals surface area contributed by atoms with Crippen molar-refractivity contribution < 1.29 is 23.9 Å². The summed E-state index contributed by atoms with van der Waals surface area (Å²) in [5, 5.41) is 13.1. The molecule has 32 heavy (non-hydrogen) atoms. The second kappa shape index (κ2) is 11.7. The lowest BCUT2D eigenvalue weighted by Crippen LogP contribution is -2.11. The van der Waals surface area contributed by atoms with Crippen molar-refractivity contribution in [3.63, 3.8) is 0 Å². The molecule has 0 fully saturated rings. The molecule has 1 heterocycles. The van der Waals surface area contributed by atoms with Gasteiger partial charge in [-0.25, -0.2) is 4.98 Å². The molecule has 1 N–H and O–H groups in total. The van der Waals surface area contributed by atoms with E-state index in [1.165, 1.54) is 0 Å². The second-order valence-corrected chi connectivity index (χ2v) is 7.37. The highest BCUT2D eigenvalue weighted by Gasteiger charge is 2.12. The summed E-state index contributed by atoms with van der Waals surface area (Å²) >= 11 is 0. The maximum atomic E-state index is 11.1. The monoisotopic (exact) mass is 436 g/mol.